The second kappa shape index (κ2) is 8.30. The fourth-order valence-electron chi connectivity index (χ4n) is 2.80. The molecule has 1 unspecified atom stereocenters. The number of carbonyl (C=O) groups is 2. The molecule has 0 aromatic heterocycles. The van der Waals surface area contributed by atoms with Crippen LogP contribution in [0.25, 0.3) is 0 Å². The molecule has 0 radical (unpaired) electrons. The summed E-state index contributed by atoms with van der Waals surface area (Å²) >= 11 is 0. The van der Waals surface area contributed by atoms with E-state index in [-0.39, 0.29) is 17.7 Å². The van der Waals surface area contributed by atoms with Gasteiger partial charge in [-0.25, -0.2) is 0 Å². The molecule has 0 saturated carbocycles. The summed E-state index contributed by atoms with van der Waals surface area (Å²) < 4.78 is 0. The summed E-state index contributed by atoms with van der Waals surface area (Å²) in [6.45, 7) is 3.81. The van der Waals surface area contributed by atoms with Gasteiger partial charge in [0.1, 0.15) is 0 Å². The largest absolute Gasteiger partial charge is 0.326 e. The molecular weight excluding hydrogens is 292 g/mol. The molecule has 2 rings (SSSR count). The van der Waals surface area contributed by atoms with Crippen LogP contribution in [0.3, 0.4) is 0 Å². The molecule has 1 aromatic rings. The average Bonchev–Trinajstić information content (AvgIpc) is 2.53. The van der Waals surface area contributed by atoms with Gasteiger partial charge >= 0.3 is 0 Å². The van der Waals surface area contributed by atoms with Crippen molar-refractivity contribution in [3.8, 4) is 6.07 Å². The zero-order valence-corrected chi connectivity index (χ0v) is 13.3. The zero-order valence-electron chi connectivity index (χ0n) is 13.3. The van der Waals surface area contributed by atoms with Crippen molar-refractivity contribution in [2.75, 3.05) is 30.3 Å². The fourth-order valence-corrected chi connectivity index (χ4v) is 2.80. The minimum absolute atomic E-state index is 0.00775. The molecule has 6 nitrogen and oxygen atoms in total. The van der Waals surface area contributed by atoms with Crippen LogP contribution in [0.15, 0.2) is 24.3 Å². The monoisotopic (exact) mass is 314 g/mol. The van der Waals surface area contributed by atoms with E-state index in [4.69, 9.17) is 5.26 Å². The molecule has 6 heteroatoms. The van der Waals surface area contributed by atoms with E-state index in [0.29, 0.717) is 24.3 Å². The summed E-state index contributed by atoms with van der Waals surface area (Å²) in [7, 11) is 0. The van der Waals surface area contributed by atoms with Gasteiger partial charge in [-0.1, -0.05) is 6.07 Å². The van der Waals surface area contributed by atoms with Crippen molar-refractivity contribution in [2.24, 2.45) is 5.92 Å². The maximum absolute atomic E-state index is 12.4. The summed E-state index contributed by atoms with van der Waals surface area (Å²) in [5.74, 6) is -0.215. The van der Waals surface area contributed by atoms with Crippen LogP contribution in [0.5, 0.6) is 0 Å². The van der Waals surface area contributed by atoms with Gasteiger partial charge in [0.05, 0.1) is 12.0 Å². The predicted octanol–water partition coefficient (Wildman–Crippen LogP) is 2.21. The van der Waals surface area contributed by atoms with Gasteiger partial charge < -0.3 is 15.5 Å². The normalized spacial score (nSPS) is 18.0. The molecule has 23 heavy (non-hydrogen) atoms. The van der Waals surface area contributed by atoms with Gasteiger partial charge in [-0.2, -0.15) is 5.26 Å². The quantitative estimate of drug-likeness (QED) is 0.872. The number of nitrogens with one attached hydrogen (secondary N) is 2. The summed E-state index contributed by atoms with van der Waals surface area (Å²) in [4.78, 5) is 25.7. The van der Waals surface area contributed by atoms with Crippen molar-refractivity contribution in [1.29, 1.82) is 5.26 Å². The minimum Gasteiger partial charge on any atom is -0.326 e. The lowest BCUT2D eigenvalue weighted by Gasteiger charge is -2.31. The number of nitriles is 1. The molecule has 1 atom stereocenters. The average molecular weight is 314 g/mol. The van der Waals surface area contributed by atoms with Crippen LogP contribution in [0.4, 0.5) is 11.4 Å². The van der Waals surface area contributed by atoms with Gasteiger partial charge in [-0.05, 0) is 37.6 Å². The van der Waals surface area contributed by atoms with E-state index in [1.807, 2.05) is 0 Å². The number of nitrogens with zero attached hydrogens (tertiary/aromatic N) is 2. The van der Waals surface area contributed by atoms with Crippen molar-refractivity contribution < 1.29 is 9.59 Å². The topological polar surface area (TPSA) is 85.2 Å². The number of hydrogen-bond donors (Lipinski definition) is 2. The molecule has 1 aliphatic rings. The van der Waals surface area contributed by atoms with Gasteiger partial charge in [0, 0.05) is 37.8 Å². The Labute approximate surface area is 136 Å². The molecule has 1 aromatic carbocycles. The van der Waals surface area contributed by atoms with Gasteiger partial charge in [-0.3, -0.25) is 9.59 Å². The van der Waals surface area contributed by atoms with E-state index in [1.54, 1.807) is 24.3 Å². The smallest absolute Gasteiger partial charge is 0.228 e. The van der Waals surface area contributed by atoms with Crippen molar-refractivity contribution in [2.45, 2.75) is 26.2 Å². The van der Waals surface area contributed by atoms with E-state index >= 15 is 0 Å². The highest BCUT2D eigenvalue weighted by Gasteiger charge is 2.25. The lowest BCUT2D eigenvalue weighted by molar-refractivity contribution is -0.121. The summed E-state index contributed by atoms with van der Waals surface area (Å²) in [5, 5.41) is 14.3. The first kappa shape index (κ1) is 17.0. The molecule has 0 bridgehead atoms. The van der Waals surface area contributed by atoms with Crippen LogP contribution in [0.2, 0.25) is 0 Å². The highest BCUT2D eigenvalue weighted by molar-refractivity contribution is 5.94. The number of likely N-dealkylation sites (tertiary alicyclic amines) is 1. The molecule has 2 amide bonds. The van der Waals surface area contributed by atoms with Crippen LogP contribution in [-0.4, -0.2) is 36.3 Å². The number of hydrogen-bond acceptors (Lipinski definition) is 4. The van der Waals surface area contributed by atoms with Crippen LogP contribution in [0, 0.1) is 17.2 Å². The first-order valence-electron chi connectivity index (χ1n) is 7.86. The molecule has 1 fully saturated rings. The highest BCUT2D eigenvalue weighted by atomic mass is 16.2. The van der Waals surface area contributed by atoms with E-state index in [0.717, 1.165) is 25.9 Å². The number of piperidine rings is 1. The summed E-state index contributed by atoms with van der Waals surface area (Å²) in [6, 6.07) is 9.27. The van der Waals surface area contributed by atoms with Gasteiger partial charge in [0.2, 0.25) is 11.8 Å². The third-order valence-electron chi connectivity index (χ3n) is 3.87. The van der Waals surface area contributed by atoms with E-state index < -0.39 is 0 Å². The predicted molar refractivity (Wildman–Crippen MR) is 88.8 cm³/mol. The molecule has 2 N–H and O–H groups in total. The Kier molecular flexibility index (Phi) is 6.12. The Balaban J connectivity index is 1.93. The second-order valence-electron chi connectivity index (χ2n) is 5.80. The first-order chi connectivity index (χ1) is 11.1. The Morgan fingerprint density at radius 1 is 1.35 bits per heavy atom. The summed E-state index contributed by atoms with van der Waals surface area (Å²) in [6.07, 6.45) is 2.32. The molecule has 1 heterocycles. The SMILES string of the molecule is CC(=O)Nc1cccc(NC(=O)C2CCCN(CCC#N)C2)c1. The molecule has 122 valence electrons. The molecule has 1 saturated heterocycles. The molecule has 0 aliphatic carbocycles. The van der Waals surface area contributed by atoms with Crippen molar-refractivity contribution >= 4 is 23.2 Å². The van der Waals surface area contributed by atoms with Crippen molar-refractivity contribution in [1.82, 2.24) is 4.90 Å². The van der Waals surface area contributed by atoms with E-state index in [2.05, 4.69) is 21.6 Å². The Hall–Kier alpha value is -2.39. The molecule has 0 spiro atoms. The Morgan fingerprint density at radius 3 is 2.78 bits per heavy atom. The zero-order chi connectivity index (χ0) is 16.7. The Bertz CT molecular complexity index is 609. The third-order valence-corrected chi connectivity index (χ3v) is 3.87. The maximum Gasteiger partial charge on any atom is 0.228 e. The molecular formula is C17H22N4O2. The summed E-state index contributed by atoms with van der Waals surface area (Å²) in [5.41, 5.74) is 1.34. The van der Waals surface area contributed by atoms with Gasteiger partial charge in [0.25, 0.3) is 0 Å². The van der Waals surface area contributed by atoms with Crippen LogP contribution < -0.4 is 10.6 Å². The van der Waals surface area contributed by atoms with Crippen LogP contribution in [-0.2, 0) is 9.59 Å². The maximum atomic E-state index is 12.4. The lowest BCUT2D eigenvalue weighted by Crippen LogP contribution is -2.41. The van der Waals surface area contributed by atoms with Crippen molar-refractivity contribution in [3.63, 3.8) is 0 Å². The van der Waals surface area contributed by atoms with Crippen LogP contribution >= 0.6 is 0 Å². The fraction of sp³-hybridized carbons (Fsp3) is 0.471. The third kappa shape index (κ3) is 5.38. The van der Waals surface area contributed by atoms with Crippen molar-refractivity contribution in [3.05, 3.63) is 24.3 Å². The van der Waals surface area contributed by atoms with E-state index in [1.165, 1.54) is 6.92 Å². The minimum atomic E-state index is -0.145. The van der Waals surface area contributed by atoms with E-state index in [9.17, 15) is 9.59 Å². The molecule has 1 aliphatic heterocycles. The standard InChI is InChI=1S/C17H22N4O2/c1-13(22)19-15-6-2-7-16(11-15)20-17(23)14-5-3-9-21(12-14)10-4-8-18/h2,6-7,11,14H,3-5,9-10,12H2,1H3,(H,19,22)(H,20,23). The van der Waals surface area contributed by atoms with Crippen LogP contribution in [0.1, 0.15) is 26.2 Å². The van der Waals surface area contributed by atoms with Gasteiger partial charge in [0.15, 0.2) is 0 Å². The van der Waals surface area contributed by atoms with Gasteiger partial charge in [-0.15, -0.1) is 0 Å². The number of rotatable bonds is 5. The number of anilines is 2. The lowest BCUT2D eigenvalue weighted by atomic mass is 9.97. The number of carbonyl (C=O) groups excluding carboxylic acids is 2. The Morgan fingerprint density at radius 2 is 2.09 bits per heavy atom. The first-order valence-corrected chi connectivity index (χ1v) is 7.86. The number of amides is 2. The second-order valence-corrected chi connectivity index (χ2v) is 5.80. The number of benzene rings is 1. The highest BCUT2D eigenvalue weighted by Crippen LogP contribution is 2.20.